The van der Waals surface area contributed by atoms with Crippen LogP contribution in [-0.4, -0.2) is 39.4 Å². The first-order valence-electron chi connectivity index (χ1n) is 5.81. The number of hydrogen-bond donors (Lipinski definition) is 4. The van der Waals surface area contributed by atoms with Gasteiger partial charge in [0.15, 0.2) is 0 Å². The summed E-state index contributed by atoms with van der Waals surface area (Å²) in [6.07, 6.45) is 0. The van der Waals surface area contributed by atoms with E-state index in [0.29, 0.717) is 0 Å². The summed E-state index contributed by atoms with van der Waals surface area (Å²) in [5.41, 5.74) is 0.110. The van der Waals surface area contributed by atoms with Crippen molar-refractivity contribution in [3.05, 3.63) is 24.3 Å². The van der Waals surface area contributed by atoms with Gasteiger partial charge < -0.3 is 10.6 Å². The van der Waals surface area contributed by atoms with Gasteiger partial charge in [-0.3, -0.25) is 14.9 Å². The topological polar surface area (TPSA) is 130 Å². The maximum Gasteiger partial charge on any atom is 0.243 e. The second-order valence-electron chi connectivity index (χ2n) is 4.27. The number of sulfonamides is 1. The molecule has 2 amide bonds. The number of rotatable bonds is 3. The van der Waals surface area contributed by atoms with Gasteiger partial charge in [-0.05, 0) is 12.1 Å². The zero-order valence-corrected chi connectivity index (χ0v) is 11.2. The molecule has 0 radical (unpaired) electrons. The molecule has 1 aliphatic rings. The second kappa shape index (κ2) is 5.57. The van der Waals surface area contributed by atoms with Crippen molar-refractivity contribution in [3.63, 3.8) is 0 Å². The quantitative estimate of drug-likeness (QED) is 0.532. The Bertz CT molecular complexity index is 634. The molecule has 0 aromatic heterocycles. The lowest BCUT2D eigenvalue weighted by atomic mass is 10.2. The summed E-state index contributed by atoms with van der Waals surface area (Å²) in [6.45, 7) is 0.178. The molecule has 8 nitrogen and oxygen atoms in total. The predicted octanol–water partition coefficient (Wildman–Crippen LogP) is -1.64. The van der Waals surface area contributed by atoms with E-state index < -0.39 is 22.0 Å². The number of para-hydroxylation sites is 1. The van der Waals surface area contributed by atoms with Crippen molar-refractivity contribution in [2.75, 3.05) is 18.4 Å². The molecule has 0 saturated carbocycles. The minimum Gasteiger partial charge on any atom is -0.353 e. The Hall–Kier alpha value is -1.97. The van der Waals surface area contributed by atoms with Gasteiger partial charge in [0.25, 0.3) is 0 Å². The van der Waals surface area contributed by atoms with Crippen molar-refractivity contribution in [1.29, 1.82) is 0 Å². The molecule has 1 aromatic carbocycles. The first-order chi connectivity index (χ1) is 9.38. The highest BCUT2D eigenvalue weighted by Gasteiger charge is 2.25. The highest BCUT2D eigenvalue weighted by atomic mass is 32.2. The third-order valence-corrected chi connectivity index (χ3v) is 3.75. The van der Waals surface area contributed by atoms with Gasteiger partial charge in [-0.25, -0.2) is 13.6 Å². The molecule has 0 bridgehead atoms. The zero-order chi connectivity index (χ0) is 14.8. The lowest BCUT2D eigenvalue weighted by Crippen LogP contribution is -2.56. The number of carbonyl (C=O) groups excluding carboxylic acids is 2. The van der Waals surface area contributed by atoms with E-state index in [1.807, 2.05) is 0 Å². The number of anilines is 1. The maximum absolute atomic E-state index is 12.0. The summed E-state index contributed by atoms with van der Waals surface area (Å²) < 4.78 is 22.8. The number of benzene rings is 1. The predicted molar refractivity (Wildman–Crippen MR) is 71.2 cm³/mol. The molecule has 1 fully saturated rings. The lowest BCUT2D eigenvalue weighted by molar-refractivity contribution is -0.124. The second-order valence-corrected chi connectivity index (χ2v) is 5.80. The number of nitrogens with one attached hydrogen (secondary N) is 3. The number of nitrogens with two attached hydrogens (primary N) is 1. The fourth-order valence-electron chi connectivity index (χ4n) is 1.79. The number of primary sulfonamides is 1. The minimum atomic E-state index is -3.92. The van der Waals surface area contributed by atoms with Crippen molar-refractivity contribution in [3.8, 4) is 0 Å². The summed E-state index contributed by atoms with van der Waals surface area (Å²) in [4.78, 5) is 22.8. The Labute approximate surface area is 115 Å². The first kappa shape index (κ1) is 14.4. The van der Waals surface area contributed by atoms with E-state index >= 15 is 0 Å². The Morgan fingerprint density at radius 2 is 2.05 bits per heavy atom. The summed E-state index contributed by atoms with van der Waals surface area (Å²) in [5, 5.41) is 12.8. The number of piperazine rings is 1. The van der Waals surface area contributed by atoms with E-state index in [1.165, 1.54) is 18.2 Å². The van der Waals surface area contributed by atoms with E-state index in [-0.39, 0.29) is 29.6 Å². The Kier molecular flexibility index (Phi) is 4.02. The Morgan fingerprint density at radius 1 is 1.35 bits per heavy atom. The summed E-state index contributed by atoms with van der Waals surface area (Å²) in [7, 11) is -3.92. The standard InChI is InChI=1S/C11H14N4O4S/c12-20(18,19)9-4-2-1-3-7(9)15-11(17)8-5-14-10(16)6-13-8/h1-4,8,13H,5-6H2,(H,14,16)(H,15,17)(H2,12,18,19). The van der Waals surface area contributed by atoms with E-state index in [1.54, 1.807) is 6.07 Å². The highest BCUT2D eigenvalue weighted by Crippen LogP contribution is 2.19. The number of hydrogen-bond acceptors (Lipinski definition) is 5. The zero-order valence-electron chi connectivity index (χ0n) is 10.4. The van der Waals surface area contributed by atoms with Crippen LogP contribution >= 0.6 is 0 Å². The third-order valence-electron chi connectivity index (χ3n) is 2.78. The minimum absolute atomic E-state index is 0.0366. The molecule has 1 aromatic rings. The maximum atomic E-state index is 12.0. The molecule has 1 atom stereocenters. The Morgan fingerprint density at radius 3 is 2.65 bits per heavy atom. The number of amides is 2. The van der Waals surface area contributed by atoms with Crippen LogP contribution in [0.5, 0.6) is 0 Å². The average Bonchev–Trinajstić information content (AvgIpc) is 2.38. The van der Waals surface area contributed by atoms with Crippen molar-refractivity contribution in [2.45, 2.75) is 10.9 Å². The summed E-state index contributed by atoms with van der Waals surface area (Å²) >= 11 is 0. The molecule has 1 unspecified atom stereocenters. The van der Waals surface area contributed by atoms with Gasteiger partial charge in [0.1, 0.15) is 10.9 Å². The van der Waals surface area contributed by atoms with Crippen LogP contribution in [0.25, 0.3) is 0 Å². The number of carbonyl (C=O) groups is 2. The van der Waals surface area contributed by atoms with Gasteiger partial charge in [0.2, 0.25) is 21.8 Å². The average molecular weight is 298 g/mol. The van der Waals surface area contributed by atoms with Crippen LogP contribution in [0.2, 0.25) is 0 Å². The molecule has 9 heteroatoms. The van der Waals surface area contributed by atoms with Crippen molar-refractivity contribution in [1.82, 2.24) is 10.6 Å². The van der Waals surface area contributed by atoms with Crippen LogP contribution in [0.4, 0.5) is 5.69 Å². The van der Waals surface area contributed by atoms with Crippen LogP contribution in [-0.2, 0) is 19.6 Å². The molecular weight excluding hydrogens is 284 g/mol. The molecule has 0 aliphatic carbocycles. The molecule has 1 saturated heterocycles. The van der Waals surface area contributed by atoms with Crippen LogP contribution in [0.1, 0.15) is 0 Å². The summed E-state index contributed by atoms with van der Waals surface area (Å²) in [6, 6.07) is 5.22. The molecule has 2 rings (SSSR count). The molecular formula is C11H14N4O4S. The van der Waals surface area contributed by atoms with Gasteiger partial charge >= 0.3 is 0 Å². The third kappa shape index (κ3) is 3.32. The monoisotopic (exact) mass is 298 g/mol. The van der Waals surface area contributed by atoms with Crippen molar-refractivity contribution < 1.29 is 18.0 Å². The lowest BCUT2D eigenvalue weighted by Gasteiger charge is -2.23. The van der Waals surface area contributed by atoms with Crippen LogP contribution < -0.4 is 21.1 Å². The van der Waals surface area contributed by atoms with E-state index in [9.17, 15) is 18.0 Å². The van der Waals surface area contributed by atoms with Gasteiger partial charge in [-0.1, -0.05) is 12.1 Å². The van der Waals surface area contributed by atoms with Crippen molar-refractivity contribution >= 4 is 27.5 Å². The fraction of sp³-hybridized carbons (Fsp3) is 0.273. The van der Waals surface area contributed by atoms with Crippen molar-refractivity contribution in [2.24, 2.45) is 5.14 Å². The smallest absolute Gasteiger partial charge is 0.243 e. The van der Waals surface area contributed by atoms with Crippen LogP contribution in [0, 0.1) is 0 Å². The largest absolute Gasteiger partial charge is 0.353 e. The highest BCUT2D eigenvalue weighted by molar-refractivity contribution is 7.89. The molecule has 20 heavy (non-hydrogen) atoms. The molecule has 1 aliphatic heterocycles. The molecule has 108 valence electrons. The van der Waals surface area contributed by atoms with Gasteiger partial charge in [0.05, 0.1) is 12.2 Å². The Balaban J connectivity index is 2.14. The first-order valence-corrected chi connectivity index (χ1v) is 7.35. The van der Waals surface area contributed by atoms with E-state index in [2.05, 4.69) is 16.0 Å². The summed E-state index contributed by atoms with van der Waals surface area (Å²) in [5.74, 6) is -0.639. The molecule has 5 N–H and O–H groups in total. The SMILES string of the molecule is NS(=O)(=O)c1ccccc1NC(=O)C1CNC(=O)CN1. The fourth-order valence-corrected chi connectivity index (χ4v) is 2.48. The van der Waals surface area contributed by atoms with Crippen LogP contribution in [0.15, 0.2) is 29.2 Å². The van der Waals surface area contributed by atoms with E-state index in [0.717, 1.165) is 0 Å². The van der Waals surface area contributed by atoms with Gasteiger partial charge in [-0.2, -0.15) is 0 Å². The molecule has 1 heterocycles. The van der Waals surface area contributed by atoms with Gasteiger partial charge in [0, 0.05) is 6.54 Å². The van der Waals surface area contributed by atoms with Crippen LogP contribution in [0.3, 0.4) is 0 Å². The van der Waals surface area contributed by atoms with Gasteiger partial charge in [-0.15, -0.1) is 0 Å². The molecule has 0 spiro atoms. The van der Waals surface area contributed by atoms with E-state index in [4.69, 9.17) is 5.14 Å². The normalized spacial score (nSPS) is 19.2.